The maximum absolute atomic E-state index is 14.5. The van der Waals surface area contributed by atoms with Gasteiger partial charge in [0.05, 0.1) is 24.4 Å². The van der Waals surface area contributed by atoms with Gasteiger partial charge in [0.2, 0.25) is 5.88 Å². The smallest absolute Gasteiger partial charge is 0.226 e. The Morgan fingerprint density at radius 3 is 2.90 bits per heavy atom. The van der Waals surface area contributed by atoms with Gasteiger partial charge < -0.3 is 15.0 Å². The van der Waals surface area contributed by atoms with Crippen molar-refractivity contribution in [2.24, 2.45) is 7.05 Å². The molecule has 1 atom stereocenters. The summed E-state index contributed by atoms with van der Waals surface area (Å²) in [5, 5.41) is 9.00. The largest absolute Gasteiger partial charge is 0.480 e. The minimum Gasteiger partial charge on any atom is -0.480 e. The van der Waals surface area contributed by atoms with Gasteiger partial charge >= 0.3 is 0 Å². The first-order valence-corrected chi connectivity index (χ1v) is 9.85. The minimum atomic E-state index is -0.415. The molecule has 4 aromatic rings. The molecule has 0 aliphatic carbocycles. The molecule has 1 aliphatic rings. The Labute approximate surface area is 172 Å². The van der Waals surface area contributed by atoms with Gasteiger partial charge in [-0.15, -0.1) is 0 Å². The van der Waals surface area contributed by atoms with Gasteiger partial charge in [-0.25, -0.2) is 14.4 Å². The van der Waals surface area contributed by atoms with Crippen LogP contribution in [-0.2, 0) is 7.05 Å². The lowest BCUT2D eigenvalue weighted by molar-refractivity contribution is 0.403. The lowest BCUT2D eigenvalue weighted by atomic mass is 10.1. The van der Waals surface area contributed by atoms with Crippen LogP contribution < -0.4 is 15.0 Å². The number of hydrogen-bond acceptors (Lipinski definition) is 7. The summed E-state index contributed by atoms with van der Waals surface area (Å²) in [5.74, 6) is 0.362. The van der Waals surface area contributed by atoms with E-state index in [1.165, 1.54) is 6.07 Å². The molecule has 1 N–H and O–H groups in total. The first-order chi connectivity index (χ1) is 14.5. The lowest BCUT2D eigenvalue weighted by Gasteiger charge is -2.33. The summed E-state index contributed by atoms with van der Waals surface area (Å²) >= 11 is 0. The summed E-state index contributed by atoms with van der Waals surface area (Å²) in [6.45, 7) is 4.89. The summed E-state index contributed by atoms with van der Waals surface area (Å²) in [5.41, 5.74) is 2.39. The van der Waals surface area contributed by atoms with Crippen molar-refractivity contribution < 1.29 is 9.13 Å². The van der Waals surface area contributed by atoms with Gasteiger partial charge in [0.15, 0.2) is 17.3 Å². The molecule has 0 bridgehead atoms. The second-order valence-corrected chi connectivity index (χ2v) is 7.62. The van der Waals surface area contributed by atoms with Crippen LogP contribution >= 0.6 is 0 Å². The predicted molar refractivity (Wildman–Crippen MR) is 113 cm³/mol. The molecule has 0 amide bonds. The maximum Gasteiger partial charge on any atom is 0.226 e. The first kappa shape index (κ1) is 18.7. The second kappa shape index (κ2) is 7.17. The van der Waals surface area contributed by atoms with Crippen molar-refractivity contribution >= 4 is 27.6 Å². The number of benzene rings is 1. The van der Waals surface area contributed by atoms with E-state index in [0.29, 0.717) is 39.9 Å². The topological polar surface area (TPSA) is 81.0 Å². The van der Waals surface area contributed by atoms with Crippen LogP contribution in [0, 0.1) is 5.82 Å². The van der Waals surface area contributed by atoms with Crippen molar-refractivity contribution in [2.75, 3.05) is 31.6 Å². The Balaban J connectivity index is 1.60. The molecule has 1 aromatic carbocycles. The molecule has 5 rings (SSSR count). The Hall–Kier alpha value is -3.33. The average molecular weight is 407 g/mol. The SMILES string of the molecule is COc1nc(-c2cc(F)c3nn(C)cc3c2)nc2ncc(N3CCNC(C)C3)cc12. The van der Waals surface area contributed by atoms with Crippen LogP contribution in [0.2, 0.25) is 0 Å². The number of halogens is 1. The number of nitrogens with zero attached hydrogens (tertiary/aromatic N) is 6. The molecule has 1 aliphatic heterocycles. The van der Waals surface area contributed by atoms with Gasteiger partial charge in [-0.05, 0) is 25.1 Å². The molecule has 0 radical (unpaired) electrons. The molecule has 30 heavy (non-hydrogen) atoms. The minimum absolute atomic E-state index is 0.321. The highest BCUT2D eigenvalue weighted by atomic mass is 19.1. The number of aryl methyl sites for hydroxylation is 1. The Bertz CT molecular complexity index is 1260. The molecule has 1 unspecified atom stereocenters. The number of ether oxygens (including phenoxy) is 1. The molecule has 1 saturated heterocycles. The van der Waals surface area contributed by atoms with E-state index in [1.807, 2.05) is 18.3 Å². The van der Waals surface area contributed by atoms with Gasteiger partial charge in [-0.3, -0.25) is 4.68 Å². The summed E-state index contributed by atoms with van der Waals surface area (Å²) in [4.78, 5) is 16.0. The maximum atomic E-state index is 14.5. The Morgan fingerprint density at radius 1 is 1.23 bits per heavy atom. The summed E-state index contributed by atoms with van der Waals surface area (Å²) in [6, 6.07) is 5.63. The van der Waals surface area contributed by atoms with E-state index in [1.54, 1.807) is 25.0 Å². The number of aromatic nitrogens is 5. The van der Waals surface area contributed by atoms with Crippen molar-refractivity contribution in [3.63, 3.8) is 0 Å². The van der Waals surface area contributed by atoms with E-state index in [0.717, 1.165) is 30.7 Å². The van der Waals surface area contributed by atoms with Crippen LogP contribution in [0.1, 0.15) is 6.92 Å². The zero-order valence-corrected chi connectivity index (χ0v) is 17.1. The number of piperazine rings is 1. The fraction of sp³-hybridized carbons (Fsp3) is 0.333. The molecule has 9 heteroatoms. The van der Waals surface area contributed by atoms with E-state index in [9.17, 15) is 4.39 Å². The van der Waals surface area contributed by atoms with Crippen LogP contribution in [0.3, 0.4) is 0 Å². The van der Waals surface area contributed by atoms with E-state index in [4.69, 9.17) is 4.74 Å². The molecular formula is C21H22FN7O. The van der Waals surface area contributed by atoms with Crippen molar-refractivity contribution in [2.45, 2.75) is 13.0 Å². The molecule has 8 nitrogen and oxygen atoms in total. The van der Waals surface area contributed by atoms with Crippen LogP contribution in [0.5, 0.6) is 5.88 Å². The molecule has 154 valence electrons. The van der Waals surface area contributed by atoms with Gasteiger partial charge in [-0.2, -0.15) is 10.1 Å². The number of fused-ring (bicyclic) bond motifs is 2. The van der Waals surface area contributed by atoms with E-state index < -0.39 is 5.82 Å². The monoisotopic (exact) mass is 407 g/mol. The Kier molecular flexibility index (Phi) is 4.47. The highest BCUT2D eigenvalue weighted by molar-refractivity contribution is 5.87. The quantitative estimate of drug-likeness (QED) is 0.559. The van der Waals surface area contributed by atoms with Crippen molar-refractivity contribution in [1.29, 1.82) is 0 Å². The fourth-order valence-corrected chi connectivity index (χ4v) is 3.94. The van der Waals surface area contributed by atoms with Gasteiger partial charge in [0.1, 0.15) is 5.52 Å². The summed E-state index contributed by atoms with van der Waals surface area (Å²) in [6.07, 6.45) is 3.58. The second-order valence-electron chi connectivity index (χ2n) is 7.62. The van der Waals surface area contributed by atoms with Crippen LogP contribution in [0.25, 0.3) is 33.3 Å². The number of pyridine rings is 1. The third-order valence-electron chi connectivity index (χ3n) is 5.36. The molecule has 0 spiro atoms. The zero-order chi connectivity index (χ0) is 20.8. The van der Waals surface area contributed by atoms with E-state index in [2.05, 4.69) is 37.2 Å². The fourth-order valence-electron chi connectivity index (χ4n) is 3.94. The lowest BCUT2D eigenvalue weighted by Crippen LogP contribution is -2.49. The van der Waals surface area contributed by atoms with Crippen LogP contribution in [0.4, 0.5) is 10.1 Å². The zero-order valence-electron chi connectivity index (χ0n) is 17.1. The summed E-state index contributed by atoms with van der Waals surface area (Å²) < 4.78 is 21.7. The van der Waals surface area contributed by atoms with Gasteiger partial charge in [-0.1, -0.05) is 0 Å². The predicted octanol–water partition coefficient (Wildman–Crippen LogP) is 2.52. The number of methoxy groups -OCH3 is 1. The van der Waals surface area contributed by atoms with Gasteiger partial charge in [0, 0.05) is 49.9 Å². The van der Waals surface area contributed by atoms with Crippen molar-refractivity contribution in [1.82, 2.24) is 30.0 Å². The molecule has 0 saturated carbocycles. The van der Waals surface area contributed by atoms with Crippen LogP contribution in [-0.4, -0.2) is 57.5 Å². The molecule has 3 aromatic heterocycles. The molecular weight excluding hydrogens is 385 g/mol. The third-order valence-corrected chi connectivity index (χ3v) is 5.36. The third kappa shape index (κ3) is 3.21. The van der Waals surface area contributed by atoms with E-state index in [-0.39, 0.29) is 0 Å². The Morgan fingerprint density at radius 2 is 2.10 bits per heavy atom. The van der Waals surface area contributed by atoms with Crippen molar-refractivity contribution in [3.05, 3.63) is 36.4 Å². The highest BCUT2D eigenvalue weighted by Gasteiger charge is 2.19. The van der Waals surface area contributed by atoms with Crippen molar-refractivity contribution in [3.8, 4) is 17.3 Å². The number of hydrogen-bond donors (Lipinski definition) is 1. The number of anilines is 1. The molecule has 4 heterocycles. The number of rotatable bonds is 3. The standard InChI is InChI=1S/C21H22FN7O/c1-12-10-29(5-4-23-12)15-8-16-20(24-9-15)25-19(26-21(16)30-3)13-6-14-11-28(2)27-18(14)17(22)7-13/h6-9,11-12,23H,4-5,10H2,1-3H3. The van der Waals surface area contributed by atoms with E-state index >= 15 is 0 Å². The number of nitrogens with one attached hydrogen (secondary N) is 1. The average Bonchev–Trinajstić information content (AvgIpc) is 3.13. The highest BCUT2D eigenvalue weighted by Crippen LogP contribution is 2.30. The summed E-state index contributed by atoms with van der Waals surface area (Å²) in [7, 11) is 3.32. The van der Waals surface area contributed by atoms with Crippen LogP contribution in [0.15, 0.2) is 30.6 Å². The molecule has 1 fully saturated rings. The normalized spacial score (nSPS) is 17.1. The first-order valence-electron chi connectivity index (χ1n) is 9.85. The van der Waals surface area contributed by atoms with Gasteiger partial charge in [0.25, 0.3) is 0 Å².